The molecule has 7 aromatic carbocycles. The molecule has 1 aromatic heterocycles. The molecule has 0 aliphatic carbocycles. The van der Waals surface area contributed by atoms with E-state index < -0.39 is 8.07 Å². The Bertz CT molecular complexity index is 2580. The number of nitriles is 3. The summed E-state index contributed by atoms with van der Waals surface area (Å²) < 4.78 is 2.09. The van der Waals surface area contributed by atoms with Gasteiger partial charge in [-0.15, -0.1) is 0 Å². The molecule has 50 heavy (non-hydrogen) atoms. The van der Waals surface area contributed by atoms with Crippen LogP contribution in [0.15, 0.2) is 170 Å². The first-order valence-electron chi connectivity index (χ1n) is 16.4. The average Bonchev–Trinajstić information content (AvgIpc) is 3.52. The van der Waals surface area contributed by atoms with Crippen molar-refractivity contribution in [1.29, 1.82) is 15.8 Å². The number of nitrogens with zero attached hydrogens (tertiary/aromatic N) is 4. The average molecular weight is 653 g/mol. The number of benzene rings is 7. The summed E-state index contributed by atoms with van der Waals surface area (Å²) in [5.74, 6) is 0. The summed E-state index contributed by atoms with van der Waals surface area (Å²) in [5.41, 5.74) is 5.58. The summed E-state index contributed by atoms with van der Waals surface area (Å²) in [6, 6.07) is 65.1. The Labute approximate surface area is 291 Å². The molecule has 0 saturated carbocycles. The van der Waals surface area contributed by atoms with Crippen molar-refractivity contribution in [1.82, 2.24) is 4.57 Å². The topological polar surface area (TPSA) is 76.3 Å². The highest BCUT2D eigenvalue weighted by molar-refractivity contribution is 7.20. The van der Waals surface area contributed by atoms with Crippen molar-refractivity contribution in [3.63, 3.8) is 0 Å². The van der Waals surface area contributed by atoms with E-state index in [0.717, 1.165) is 38.1 Å². The van der Waals surface area contributed by atoms with Gasteiger partial charge < -0.3 is 4.57 Å². The quantitative estimate of drug-likeness (QED) is 0.138. The lowest BCUT2D eigenvalue weighted by Gasteiger charge is -2.36. The van der Waals surface area contributed by atoms with Gasteiger partial charge in [-0.3, -0.25) is 0 Å². The van der Waals surface area contributed by atoms with E-state index in [1.54, 1.807) is 6.07 Å². The van der Waals surface area contributed by atoms with Gasteiger partial charge in [0.05, 0.1) is 45.5 Å². The van der Waals surface area contributed by atoms with Crippen LogP contribution in [-0.2, 0) is 0 Å². The maximum absolute atomic E-state index is 10.7. The summed E-state index contributed by atoms with van der Waals surface area (Å²) in [4.78, 5) is 0. The lowest BCUT2D eigenvalue weighted by molar-refractivity contribution is 1.17. The van der Waals surface area contributed by atoms with Gasteiger partial charge in [0.1, 0.15) is 6.07 Å². The van der Waals surface area contributed by atoms with Crippen LogP contribution in [0, 0.1) is 34.0 Å². The normalized spacial score (nSPS) is 11.1. The molecule has 0 saturated heterocycles. The van der Waals surface area contributed by atoms with Crippen molar-refractivity contribution in [3.05, 3.63) is 187 Å². The Hall–Kier alpha value is -6.97. The Morgan fingerprint density at radius 1 is 0.420 bits per heavy atom. The van der Waals surface area contributed by atoms with Crippen LogP contribution in [0.2, 0.25) is 0 Å². The molecule has 232 valence electrons. The van der Waals surface area contributed by atoms with E-state index in [1.165, 1.54) is 15.6 Å². The number of hydrogen-bond donors (Lipinski definition) is 0. The van der Waals surface area contributed by atoms with Crippen molar-refractivity contribution >= 4 is 50.6 Å². The maximum atomic E-state index is 10.7. The van der Waals surface area contributed by atoms with E-state index in [0.29, 0.717) is 22.4 Å². The number of rotatable bonds is 6. The molecule has 0 aliphatic heterocycles. The lowest BCUT2D eigenvalue weighted by Crippen LogP contribution is -2.75. The Kier molecular flexibility index (Phi) is 7.63. The molecule has 0 spiro atoms. The maximum Gasteiger partial charge on any atom is 0.180 e. The van der Waals surface area contributed by atoms with Gasteiger partial charge in [0, 0.05) is 16.3 Å². The first kappa shape index (κ1) is 30.4. The molecule has 0 fully saturated rings. The molecule has 0 N–H and O–H groups in total. The second-order valence-electron chi connectivity index (χ2n) is 12.2. The SMILES string of the molecule is N#Cc1ccc2c(c1)c1ccccc1n2-c1cc(-c2ccccc2[Si](c2ccccc2)(c2ccccc2)c2ccccc2)c(C#N)cc1C#N. The molecule has 0 unspecified atom stereocenters. The van der Waals surface area contributed by atoms with E-state index in [9.17, 15) is 15.8 Å². The molecule has 0 radical (unpaired) electrons. The number of aromatic nitrogens is 1. The fourth-order valence-corrected chi connectivity index (χ4v) is 12.5. The van der Waals surface area contributed by atoms with Gasteiger partial charge in [0.2, 0.25) is 0 Å². The summed E-state index contributed by atoms with van der Waals surface area (Å²) in [6.07, 6.45) is 0. The van der Waals surface area contributed by atoms with E-state index >= 15 is 0 Å². The molecular formula is C45H28N4Si. The third kappa shape index (κ3) is 4.72. The van der Waals surface area contributed by atoms with E-state index in [4.69, 9.17) is 0 Å². The van der Waals surface area contributed by atoms with E-state index in [1.807, 2.05) is 54.6 Å². The molecule has 0 amide bonds. The van der Waals surface area contributed by atoms with Gasteiger partial charge in [0.25, 0.3) is 0 Å². The van der Waals surface area contributed by atoms with Crippen LogP contribution in [0.4, 0.5) is 0 Å². The Balaban J connectivity index is 1.49. The largest absolute Gasteiger partial charge is 0.308 e. The third-order valence-electron chi connectivity index (χ3n) is 9.66. The fourth-order valence-electron chi connectivity index (χ4n) is 7.56. The van der Waals surface area contributed by atoms with Gasteiger partial charge in [-0.1, -0.05) is 133 Å². The lowest BCUT2D eigenvalue weighted by atomic mass is 9.96. The minimum absolute atomic E-state index is 0.396. The van der Waals surface area contributed by atoms with Crippen LogP contribution in [0.3, 0.4) is 0 Å². The van der Waals surface area contributed by atoms with Gasteiger partial charge in [0.15, 0.2) is 8.07 Å². The van der Waals surface area contributed by atoms with Crippen LogP contribution in [0.5, 0.6) is 0 Å². The Morgan fingerprint density at radius 3 is 1.56 bits per heavy atom. The zero-order valence-electron chi connectivity index (χ0n) is 27.0. The Morgan fingerprint density at radius 2 is 0.960 bits per heavy atom. The third-order valence-corrected chi connectivity index (χ3v) is 14.5. The van der Waals surface area contributed by atoms with Gasteiger partial charge in [-0.05, 0) is 62.7 Å². The van der Waals surface area contributed by atoms with Gasteiger partial charge in [-0.25, -0.2) is 0 Å². The molecule has 5 heteroatoms. The van der Waals surface area contributed by atoms with Crippen LogP contribution in [0.25, 0.3) is 38.6 Å². The van der Waals surface area contributed by atoms with Gasteiger partial charge in [-0.2, -0.15) is 15.8 Å². The smallest absolute Gasteiger partial charge is 0.180 e. The van der Waals surface area contributed by atoms with Crippen LogP contribution >= 0.6 is 0 Å². The fraction of sp³-hybridized carbons (Fsp3) is 0. The highest BCUT2D eigenvalue weighted by Crippen LogP contribution is 2.36. The van der Waals surface area contributed by atoms with E-state index in [-0.39, 0.29) is 0 Å². The number of hydrogen-bond acceptors (Lipinski definition) is 3. The van der Waals surface area contributed by atoms with E-state index in [2.05, 4.69) is 132 Å². The highest BCUT2D eigenvalue weighted by atomic mass is 28.3. The summed E-state index contributed by atoms with van der Waals surface area (Å²) in [5, 5.41) is 37.7. The standard InChI is InChI=1S/C45H28N4Si/c46-29-32-24-25-43-41(26-32)38-20-10-12-22-42(38)49(43)44-28-40(33(30-47)27-34(44)31-48)39-21-11-13-23-45(39)50(35-14-4-1-5-15-35,36-16-6-2-7-17-36)37-18-8-3-9-19-37/h1-28H. The van der Waals surface area contributed by atoms with Crippen molar-refractivity contribution < 1.29 is 0 Å². The van der Waals surface area contributed by atoms with Crippen LogP contribution in [-0.4, -0.2) is 12.6 Å². The van der Waals surface area contributed by atoms with Crippen molar-refractivity contribution in [2.75, 3.05) is 0 Å². The monoisotopic (exact) mass is 652 g/mol. The second-order valence-corrected chi connectivity index (χ2v) is 16.0. The second kappa shape index (κ2) is 12.6. The number of fused-ring (bicyclic) bond motifs is 3. The summed E-state index contributed by atoms with van der Waals surface area (Å²) >= 11 is 0. The molecular weight excluding hydrogens is 625 g/mol. The zero-order chi connectivity index (χ0) is 34.1. The van der Waals surface area contributed by atoms with Crippen LogP contribution < -0.4 is 20.7 Å². The molecule has 4 nitrogen and oxygen atoms in total. The molecule has 1 heterocycles. The molecule has 8 rings (SSSR count). The minimum atomic E-state index is -2.98. The highest BCUT2D eigenvalue weighted by Gasteiger charge is 2.43. The molecule has 0 bridgehead atoms. The summed E-state index contributed by atoms with van der Waals surface area (Å²) in [6.45, 7) is 0. The van der Waals surface area contributed by atoms with Crippen molar-refractivity contribution in [2.24, 2.45) is 0 Å². The predicted octanol–water partition coefficient (Wildman–Crippen LogP) is 7.44. The first-order valence-corrected chi connectivity index (χ1v) is 18.4. The van der Waals surface area contributed by atoms with Crippen LogP contribution in [0.1, 0.15) is 16.7 Å². The predicted molar refractivity (Wildman–Crippen MR) is 204 cm³/mol. The molecule has 8 aromatic rings. The van der Waals surface area contributed by atoms with Crippen molar-refractivity contribution in [3.8, 4) is 35.0 Å². The molecule has 0 atom stereocenters. The molecule has 0 aliphatic rings. The van der Waals surface area contributed by atoms with Crippen molar-refractivity contribution in [2.45, 2.75) is 0 Å². The number of para-hydroxylation sites is 1. The summed E-state index contributed by atoms with van der Waals surface area (Å²) in [7, 11) is -2.98. The van der Waals surface area contributed by atoms with Gasteiger partial charge >= 0.3 is 0 Å². The minimum Gasteiger partial charge on any atom is -0.308 e. The first-order chi connectivity index (χ1) is 24.7. The zero-order valence-corrected chi connectivity index (χ0v) is 28.0.